The van der Waals surface area contributed by atoms with Crippen molar-refractivity contribution in [2.75, 3.05) is 12.4 Å². The second-order valence-electron chi connectivity index (χ2n) is 6.41. The van der Waals surface area contributed by atoms with Crippen LogP contribution in [0.3, 0.4) is 0 Å². The Hall–Kier alpha value is -1.40. The number of para-hydroxylation sites is 1. The molecule has 5 heteroatoms. The molecule has 2 aliphatic rings. The average Bonchev–Trinajstić information content (AvgIpc) is 2.99. The van der Waals surface area contributed by atoms with Crippen LogP contribution < -0.4 is 5.32 Å². The first-order valence-electron chi connectivity index (χ1n) is 8.00. The van der Waals surface area contributed by atoms with Crippen LogP contribution in [0.15, 0.2) is 43.0 Å². The zero-order valence-electron chi connectivity index (χ0n) is 13.9. The number of anilines is 1. The van der Waals surface area contributed by atoms with Crippen LogP contribution in [-0.2, 0) is 18.9 Å². The van der Waals surface area contributed by atoms with Gasteiger partial charge in [0, 0.05) is 12.8 Å². The fourth-order valence-electron chi connectivity index (χ4n) is 3.30. The highest BCUT2D eigenvalue weighted by Gasteiger charge is 2.56. The SMILES string of the molecule is C=CCC(Nc1ccccc1)[C@H]1O[C@@H]2OC(C)(C)O[C@@H]2[C@H]1OC. The Morgan fingerprint density at radius 3 is 2.70 bits per heavy atom. The quantitative estimate of drug-likeness (QED) is 0.817. The van der Waals surface area contributed by atoms with E-state index in [1.54, 1.807) is 7.11 Å². The molecule has 5 nitrogen and oxygen atoms in total. The molecule has 0 radical (unpaired) electrons. The maximum Gasteiger partial charge on any atom is 0.190 e. The number of ether oxygens (including phenoxy) is 4. The minimum atomic E-state index is -0.641. The predicted molar refractivity (Wildman–Crippen MR) is 88.2 cm³/mol. The van der Waals surface area contributed by atoms with Gasteiger partial charge in [0.1, 0.15) is 18.3 Å². The van der Waals surface area contributed by atoms with Gasteiger partial charge >= 0.3 is 0 Å². The summed E-state index contributed by atoms with van der Waals surface area (Å²) in [5.74, 6) is -0.641. The zero-order chi connectivity index (χ0) is 16.4. The van der Waals surface area contributed by atoms with Crippen molar-refractivity contribution < 1.29 is 18.9 Å². The summed E-state index contributed by atoms with van der Waals surface area (Å²) in [5, 5.41) is 3.51. The lowest BCUT2D eigenvalue weighted by atomic mass is 10.00. The van der Waals surface area contributed by atoms with Crippen molar-refractivity contribution in [3.8, 4) is 0 Å². The number of rotatable bonds is 6. The minimum absolute atomic E-state index is 0.0285. The molecule has 0 bridgehead atoms. The first-order valence-corrected chi connectivity index (χ1v) is 8.00. The molecule has 2 saturated heterocycles. The molecular formula is C18H25NO4. The Bertz CT molecular complexity index is 533. The number of methoxy groups -OCH3 is 1. The average molecular weight is 319 g/mol. The van der Waals surface area contributed by atoms with Gasteiger partial charge < -0.3 is 24.3 Å². The van der Waals surface area contributed by atoms with Crippen LogP contribution in [0, 0.1) is 0 Å². The van der Waals surface area contributed by atoms with Crippen LogP contribution in [-0.4, -0.2) is 43.5 Å². The summed E-state index contributed by atoms with van der Waals surface area (Å²) >= 11 is 0. The molecule has 23 heavy (non-hydrogen) atoms. The van der Waals surface area contributed by atoms with Gasteiger partial charge in [0.2, 0.25) is 0 Å². The molecule has 3 rings (SSSR count). The summed E-state index contributed by atoms with van der Waals surface area (Å²) in [6.45, 7) is 7.64. The van der Waals surface area contributed by atoms with E-state index >= 15 is 0 Å². The molecule has 126 valence electrons. The van der Waals surface area contributed by atoms with Crippen molar-refractivity contribution >= 4 is 5.69 Å². The first kappa shape index (κ1) is 16.5. The summed E-state index contributed by atoms with van der Waals surface area (Å²) in [6, 6.07) is 10.1. The van der Waals surface area contributed by atoms with Crippen molar-refractivity contribution in [3.63, 3.8) is 0 Å². The molecule has 2 aliphatic heterocycles. The van der Waals surface area contributed by atoms with E-state index in [1.807, 2.05) is 50.3 Å². The van der Waals surface area contributed by atoms with Crippen molar-refractivity contribution in [1.29, 1.82) is 0 Å². The van der Waals surface area contributed by atoms with Gasteiger partial charge in [0.25, 0.3) is 0 Å². The fourth-order valence-corrected chi connectivity index (χ4v) is 3.30. The standard InChI is InChI=1S/C18H25NO4/c1-5-9-13(19-12-10-7-6-8-11-12)14-15(20-4)16-17(21-14)23-18(2,3)22-16/h5-8,10-11,13-17,19H,1,9H2,2-4H3/t13?,14-,15+,16-,17-/m1/s1. The van der Waals surface area contributed by atoms with Crippen molar-refractivity contribution in [2.45, 2.75) is 56.7 Å². The molecule has 5 atom stereocenters. The third kappa shape index (κ3) is 3.43. The Morgan fingerprint density at radius 1 is 1.30 bits per heavy atom. The molecule has 0 aromatic heterocycles. The third-order valence-corrected chi connectivity index (χ3v) is 4.24. The van der Waals surface area contributed by atoms with Crippen LogP contribution in [0.5, 0.6) is 0 Å². The van der Waals surface area contributed by atoms with Crippen LogP contribution in [0.25, 0.3) is 0 Å². The fraction of sp³-hybridized carbons (Fsp3) is 0.556. The zero-order valence-corrected chi connectivity index (χ0v) is 13.9. The number of benzene rings is 1. The molecule has 2 fully saturated rings. The van der Waals surface area contributed by atoms with Crippen LogP contribution in [0.4, 0.5) is 5.69 Å². The lowest BCUT2D eigenvalue weighted by Crippen LogP contribution is -2.45. The second-order valence-corrected chi connectivity index (χ2v) is 6.41. The van der Waals surface area contributed by atoms with Gasteiger partial charge in [-0.2, -0.15) is 0 Å². The van der Waals surface area contributed by atoms with E-state index in [-0.39, 0.29) is 24.4 Å². The summed E-state index contributed by atoms with van der Waals surface area (Å²) in [7, 11) is 1.69. The van der Waals surface area contributed by atoms with Gasteiger partial charge in [-0.25, -0.2) is 0 Å². The maximum atomic E-state index is 6.13. The Kier molecular flexibility index (Phi) is 4.73. The van der Waals surface area contributed by atoms with E-state index in [2.05, 4.69) is 11.9 Å². The van der Waals surface area contributed by atoms with Gasteiger partial charge in [0.05, 0.1) is 6.04 Å². The molecule has 1 aromatic carbocycles. The summed E-state index contributed by atoms with van der Waals surface area (Å²) in [6.07, 6.45) is 1.65. The molecule has 1 N–H and O–H groups in total. The summed E-state index contributed by atoms with van der Waals surface area (Å²) in [5.41, 5.74) is 1.04. The van der Waals surface area contributed by atoms with Gasteiger partial charge in [-0.3, -0.25) is 0 Å². The lowest BCUT2D eigenvalue weighted by Gasteiger charge is -2.31. The Labute approximate surface area is 137 Å². The monoisotopic (exact) mass is 319 g/mol. The highest BCUT2D eigenvalue weighted by Crippen LogP contribution is 2.40. The number of nitrogens with one attached hydrogen (secondary N) is 1. The number of hydrogen-bond donors (Lipinski definition) is 1. The summed E-state index contributed by atoms with van der Waals surface area (Å²) < 4.78 is 23.6. The van der Waals surface area contributed by atoms with E-state index in [1.165, 1.54) is 0 Å². The smallest absolute Gasteiger partial charge is 0.190 e. The molecule has 1 unspecified atom stereocenters. The van der Waals surface area contributed by atoms with Crippen LogP contribution in [0.1, 0.15) is 20.3 Å². The third-order valence-electron chi connectivity index (χ3n) is 4.24. The molecule has 0 aliphatic carbocycles. The van der Waals surface area contributed by atoms with Gasteiger partial charge in [-0.15, -0.1) is 6.58 Å². The Morgan fingerprint density at radius 2 is 2.04 bits per heavy atom. The van der Waals surface area contributed by atoms with Crippen molar-refractivity contribution in [1.82, 2.24) is 0 Å². The van der Waals surface area contributed by atoms with E-state index in [9.17, 15) is 0 Å². The van der Waals surface area contributed by atoms with E-state index < -0.39 is 12.1 Å². The summed E-state index contributed by atoms with van der Waals surface area (Å²) in [4.78, 5) is 0. The van der Waals surface area contributed by atoms with Crippen molar-refractivity contribution in [3.05, 3.63) is 43.0 Å². The molecule has 0 spiro atoms. The predicted octanol–water partition coefficient (Wildman–Crippen LogP) is 2.93. The molecule has 0 amide bonds. The normalized spacial score (nSPS) is 33.2. The van der Waals surface area contributed by atoms with E-state index in [4.69, 9.17) is 18.9 Å². The van der Waals surface area contributed by atoms with Crippen LogP contribution >= 0.6 is 0 Å². The molecule has 1 aromatic rings. The number of fused-ring (bicyclic) bond motifs is 1. The largest absolute Gasteiger partial charge is 0.379 e. The van der Waals surface area contributed by atoms with Gasteiger partial charge in [-0.1, -0.05) is 24.3 Å². The lowest BCUT2D eigenvalue weighted by molar-refractivity contribution is -0.218. The number of hydrogen-bond acceptors (Lipinski definition) is 5. The Balaban J connectivity index is 1.76. The van der Waals surface area contributed by atoms with Crippen molar-refractivity contribution in [2.24, 2.45) is 0 Å². The van der Waals surface area contributed by atoms with Crippen LogP contribution in [0.2, 0.25) is 0 Å². The van der Waals surface area contributed by atoms with E-state index in [0.717, 1.165) is 12.1 Å². The van der Waals surface area contributed by atoms with Gasteiger partial charge in [0.15, 0.2) is 12.1 Å². The molecular weight excluding hydrogens is 294 g/mol. The second kappa shape index (κ2) is 6.61. The molecule has 2 heterocycles. The highest BCUT2D eigenvalue weighted by atomic mass is 16.8. The molecule has 0 saturated carbocycles. The maximum absolute atomic E-state index is 6.13. The van der Waals surface area contributed by atoms with E-state index in [0.29, 0.717) is 0 Å². The highest BCUT2D eigenvalue weighted by molar-refractivity contribution is 5.44. The minimum Gasteiger partial charge on any atom is -0.379 e. The van der Waals surface area contributed by atoms with Gasteiger partial charge in [-0.05, 0) is 32.4 Å². The topological polar surface area (TPSA) is 49.0 Å². The first-order chi connectivity index (χ1) is 11.0.